The number of aliphatic hydroxyl groups is 1. The molecule has 21 heavy (non-hydrogen) atoms. The summed E-state index contributed by atoms with van der Waals surface area (Å²) in [5.41, 5.74) is 0. The molecule has 0 saturated heterocycles. The molecule has 118 valence electrons. The minimum atomic E-state index is -0.674. The Kier molecular flexibility index (Phi) is 7.56. The fourth-order valence-electron chi connectivity index (χ4n) is 1.58. The lowest BCUT2D eigenvalue weighted by Gasteiger charge is -2.16. The number of benzene rings is 1. The van der Waals surface area contributed by atoms with E-state index in [-0.39, 0.29) is 19.1 Å². The van der Waals surface area contributed by atoms with Gasteiger partial charge in [0, 0.05) is 20.1 Å². The van der Waals surface area contributed by atoms with Gasteiger partial charge in [-0.2, -0.15) is 0 Å². The van der Waals surface area contributed by atoms with E-state index in [0.717, 1.165) is 5.75 Å². The summed E-state index contributed by atoms with van der Waals surface area (Å²) in [6, 6.07) is 7.13. The molecule has 1 aromatic carbocycles. The van der Waals surface area contributed by atoms with Gasteiger partial charge in [0.15, 0.2) is 0 Å². The molecule has 1 amide bonds. The summed E-state index contributed by atoms with van der Waals surface area (Å²) in [4.78, 5) is 13.2. The number of nitrogens with one attached hydrogen (secondary N) is 1. The van der Waals surface area contributed by atoms with Crippen LogP contribution in [-0.4, -0.2) is 62.4 Å². The molecular formula is C15H24N2O4. The number of amides is 1. The lowest BCUT2D eigenvalue weighted by molar-refractivity contribution is -0.128. The number of aliphatic hydroxyl groups excluding tert-OH is 1. The second kappa shape index (κ2) is 9.20. The third kappa shape index (κ3) is 6.46. The Labute approximate surface area is 125 Å². The average molecular weight is 296 g/mol. The second-order valence-electron chi connectivity index (χ2n) is 4.68. The molecule has 1 atom stereocenters. The quantitative estimate of drug-likeness (QED) is 0.694. The molecule has 0 aromatic heterocycles. The monoisotopic (exact) mass is 296 g/mol. The molecule has 0 aliphatic carbocycles. The van der Waals surface area contributed by atoms with Crippen LogP contribution in [-0.2, 0) is 4.79 Å². The highest BCUT2D eigenvalue weighted by Crippen LogP contribution is 2.16. The molecule has 6 heteroatoms. The maximum atomic E-state index is 11.5. The lowest BCUT2D eigenvalue weighted by atomic mass is 10.3. The average Bonchev–Trinajstić information content (AvgIpc) is 2.52. The van der Waals surface area contributed by atoms with Crippen molar-refractivity contribution in [2.45, 2.75) is 13.0 Å². The minimum Gasteiger partial charge on any atom is -0.497 e. The summed E-state index contributed by atoms with van der Waals surface area (Å²) in [7, 11) is 3.34. The van der Waals surface area contributed by atoms with Gasteiger partial charge in [0.2, 0.25) is 5.91 Å². The number of rotatable bonds is 9. The predicted molar refractivity (Wildman–Crippen MR) is 80.7 cm³/mol. The lowest BCUT2D eigenvalue weighted by Crippen LogP contribution is -2.39. The van der Waals surface area contributed by atoms with Crippen molar-refractivity contribution < 1.29 is 19.4 Å². The molecule has 0 bridgehead atoms. The summed E-state index contributed by atoms with van der Waals surface area (Å²) in [6.07, 6.45) is -0.674. The van der Waals surface area contributed by atoms with Crippen molar-refractivity contribution in [1.82, 2.24) is 10.2 Å². The van der Waals surface area contributed by atoms with Gasteiger partial charge in [-0.05, 0) is 31.2 Å². The van der Waals surface area contributed by atoms with E-state index >= 15 is 0 Å². The number of methoxy groups -OCH3 is 1. The number of nitrogens with zero attached hydrogens (tertiary/aromatic N) is 1. The zero-order valence-corrected chi connectivity index (χ0v) is 12.8. The van der Waals surface area contributed by atoms with Crippen molar-refractivity contribution in [3.8, 4) is 11.5 Å². The van der Waals surface area contributed by atoms with Gasteiger partial charge in [0.1, 0.15) is 24.2 Å². The molecule has 0 aliphatic rings. The number of hydrogen-bond donors (Lipinski definition) is 2. The topological polar surface area (TPSA) is 71.0 Å². The Bertz CT molecular complexity index is 422. The first-order chi connectivity index (χ1) is 10.1. The Balaban J connectivity index is 2.21. The summed E-state index contributed by atoms with van der Waals surface area (Å²) in [5.74, 6) is 1.42. The molecule has 6 nitrogen and oxygen atoms in total. The molecule has 1 rings (SSSR count). The number of ether oxygens (including phenoxy) is 2. The van der Waals surface area contributed by atoms with E-state index in [0.29, 0.717) is 18.8 Å². The second-order valence-corrected chi connectivity index (χ2v) is 4.68. The van der Waals surface area contributed by atoms with Crippen LogP contribution in [0.2, 0.25) is 0 Å². The third-order valence-corrected chi connectivity index (χ3v) is 3.06. The summed E-state index contributed by atoms with van der Waals surface area (Å²) in [5, 5.41) is 12.7. The molecule has 0 spiro atoms. The van der Waals surface area contributed by atoms with E-state index in [2.05, 4.69) is 5.32 Å². The molecule has 1 aromatic rings. The fraction of sp³-hybridized carbons (Fsp3) is 0.533. The van der Waals surface area contributed by atoms with E-state index in [1.54, 1.807) is 43.3 Å². The van der Waals surface area contributed by atoms with Crippen molar-refractivity contribution in [2.24, 2.45) is 0 Å². The number of hydrogen-bond acceptors (Lipinski definition) is 5. The Hall–Kier alpha value is -1.79. The van der Waals surface area contributed by atoms with Crippen LogP contribution in [0.4, 0.5) is 0 Å². The number of carbonyl (C=O) groups excluding carboxylic acids is 1. The predicted octanol–water partition coefficient (Wildman–Crippen LogP) is 0.503. The van der Waals surface area contributed by atoms with Crippen molar-refractivity contribution in [1.29, 1.82) is 0 Å². The first kappa shape index (κ1) is 17.3. The Morgan fingerprint density at radius 2 is 1.95 bits per heavy atom. The van der Waals surface area contributed by atoms with Gasteiger partial charge in [-0.3, -0.25) is 4.79 Å². The van der Waals surface area contributed by atoms with E-state index < -0.39 is 6.10 Å². The first-order valence-corrected chi connectivity index (χ1v) is 6.96. The molecule has 0 fully saturated rings. The van der Waals surface area contributed by atoms with Crippen molar-refractivity contribution >= 4 is 5.91 Å². The number of likely N-dealkylation sites (N-methyl/N-ethyl adjacent to an activating group) is 1. The Morgan fingerprint density at radius 1 is 1.33 bits per heavy atom. The van der Waals surface area contributed by atoms with E-state index in [9.17, 15) is 9.90 Å². The van der Waals surface area contributed by atoms with Crippen molar-refractivity contribution in [3.05, 3.63) is 24.3 Å². The van der Waals surface area contributed by atoms with Gasteiger partial charge < -0.3 is 24.8 Å². The number of carbonyl (C=O) groups is 1. The van der Waals surface area contributed by atoms with Gasteiger partial charge >= 0.3 is 0 Å². The minimum absolute atomic E-state index is 0.000716. The standard InChI is InChI=1S/C15H24N2O4/c1-4-17(2)15(19)10-16-9-12(18)11-21-14-7-5-13(20-3)6-8-14/h5-8,12,16,18H,4,9-11H2,1-3H3. The maximum Gasteiger partial charge on any atom is 0.236 e. The summed E-state index contributed by atoms with van der Waals surface area (Å²) < 4.78 is 10.5. The molecule has 0 heterocycles. The van der Waals surface area contributed by atoms with Gasteiger partial charge in [-0.1, -0.05) is 0 Å². The highest BCUT2D eigenvalue weighted by molar-refractivity contribution is 5.77. The normalized spacial score (nSPS) is 11.8. The zero-order valence-electron chi connectivity index (χ0n) is 12.8. The van der Waals surface area contributed by atoms with Gasteiger partial charge in [0.25, 0.3) is 0 Å². The van der Waals surface area contributed by atoms with Crippen LogP contribution >= 0.6 is 0 Å². The molecule has 0 aliphatic heterocycles. The van der Waals surface area contributed by atoms with Crippen LogP contribution in [0.3, 0.4) is 0 Å². The van der Waals surface area contributed by atoms with Crippen molar-refractivity contribution in [3.63, 3.8) is 0 Å². The smallest absolute Gasteiger partial charge is 0.236 e. The summed E-state index contributed by atoms with van der Waals surface area (Å²) >= 11 is 0. The highest BCUT2D eigenvalue weighted by Gasteiger charge is 2.09. The fourth-order valence-corrected chi connectivity index (χ4v) is 1.58. The molecule has 0 radical (unpaired) electrons. The molecule has 1 unspecified atom stereocenters. The van der Waals surface area contributed by atoms with Crippen LogP contribution in [0.15, 0.2) is 24.3 Å². The first-order valence-electron chi connectivity index (χ1n) is 6.96. The summed E-state index contributed by atoms with van der Waals surface area (Å²) in [6.45, 7) is 3.26. The van der Waals surface area contributed by atoms with E-state index in [4.69, 9.17) is 9.47 Å². The molecule has 0 saturated carbocycles. The van der Waals surface area contributed by atoms with Crippen LogP contribution in [0.5, 0.6) is 11.5 Å². The maximum absolute atomic E-state index is 11.5. The van der Waals surface area contributed by atoms with Gasteiger partial charge in [0.05, 0.1) is 13.7 Å². The third-order valence-electron chi connectivity index (χ3n) is 3.06. The Morgan fingerprint density at radius 3 is 2.52 bits per heavy atom. The van der Waals surface area contributed by atoms with Crippen LogP contribution in [0.1, 0.15) is 6.92 Å². The van der Waals surface area contributed by atoms with Crippen LogP contribution in [0, 0.1) is 0 Å². The largest absolute Gasteiger partial charge is 0.497 e. The SMILES string of the molecule is CCN(C)C(=O)CNCC(O)COc1ccc(OC)cc1. The van der Waals surface area contributed by atoms with Gasteiger partial charge in [-0.15, -0.1) is 0 Å². The van der Waals surface area contributed by atoms with Gasteiger partial charge in [-0.25, -0.2) is 0 Å². The van der Waals surface area contributed by atoms with Crippen LogP contribution < -0.4 is 14.8 Å². The highest BCUT2D eigenvalue weighted by atomic mass is 16.5. The molecular weight excluding hydrogens is 272 g/mol. The zero-order chi connectivity index (χ0) is 15.7. The van der Waals surface area contributed by atoms with E-state index in [1.807, 2.05) is 6.92 Å². The molecule has 2 N–H and O–H groups in total. The van der Waals surface area contributed by atoms with Crippen LogP contribution in [0.25, 0.3) is 0 Å². The van der Waals surface area contributed by atoms with Crippen molar-refractivity contribution in [2.75, 3.05) is 40.4 Å². The van der Waals surface area contributed by atoms with E-state index in [1.165, 1.54) is 0 Å².